The SMILES string of the molecule is CCN(C(=O)C1Cc2ccccc2CN1)C(C)COC. The molecule has 1 amide bonds. The van der Waals surface area contributed by atoms with E-state index in [0.717, 1.165) is 13.0 Å². The number of methoxy groups -OCH3 is 1. The predicted molar refractivity (Wildman–Crippen MR) is 79.5 cm³/mol. The van der Waals surface area contributed by atoms with Crippen molar-refractivity contribution < 1.29 is 9.53 Å². The summed E-state index contributed by atoms with van der Waals surface area (Å²) in [6.45, 7) is 6.09. The van der Waals surface area contributed by atoms with Gasteiger partial charge >= 0.3 is 0 Å². The second-order valence-corrected chi connectivity index (χ2v) is 5.33. The number of carbonyl (C=O) groups is 1. The van der Waals surface area contributed by atoms with Gasteiger partial charge in [-0.3, -0.25) is 4.79 Å². The van der Waals surface area contributed by atoms with Gasteiger partial charge in [-0.2, -0.15) is 0 Å². The van der Waals surface area contributed by atoms with E-state index in [1.165, 1.54) is 11.1 Å². The van der Waals surface area contributed by atoms with E-state index in [9.17, 15) is 4.79 Å². The highest BCUT2D eigenvalue weighted by molar-refractivity contribution is 5.83. The van der Waals surface area contributed by atoms with Crippen LogP contribution >= 0.6 is 0 Å². The lowest BCUT2D eigenvalue weighted by Gasteiger charge is -2.33. The van der Waals surface area contributed by atoms with Gasteiger partial charge in [-0.15, -0.1) is 0 Å². The second-order valence-electron chi connectivity index (χ2n) is 5.33. The van der Waals surface area contributed by atoms with Crippen molar-refractivity contribution in [1.29, 1.82) is 0 Å². The number of hydrogen-bond donors (Lipinski definition) is 1. The lowest BCUT2D eigenvalue weighted by molar-refractivity contribution is -0.136. The molecule has 1 aliphatic heterocycles. The van der Waals surface area contributed by atoms with E-state index < -0.39 is 0 Å². The average Bonchev–Trinajstić information content (AvgIpc) is 2.47. The van der Waals surface area contributed by atoms with Crippen LogP contribution in [0.1, 0.15) is 25.0 Å². The number of likely N-dealkylation sites (N-methyl/N-ethyl adjacent to an activating group) is 1. The van der Waals surface area contributed by atoms with Gasteiger partial charge in [0.15, 0.2) is 0 Å². The average molecular weight is 276 g/mol. The summed E-state index contributed by atoms with van der Waals surface area (Å²) in [6, 6.07) is 8.30. The molecule has 0 radical (unpaired) electrons. The summed E-state index contributed by atoms with van der Waals surface area (Å²) in [7, 11) is 1.67. The van der Waals surface area contributed by atoms with Crippen LogP contribution < -0.4 is 5.32 Å². The molecular formula is C16H24N2O2. The number of rotatable bonds is 5. The molecule has 2 atom stereocenters. The van der Waals surface area contributed by atoms with Crippen molar-refractivity contribution >= 4 is 5.91 Å². The van der Waals surface area contributed by atoms with Gasteiger partial charge in [0.25, 0.3) is 0 Å². The summed E-state index contributed by atoms with van der Waals surface area (Å²) in [6.07, 6.45) is 0.769. The molecule has 2 unspecified atom stereocenters. The van der Waals surface area contributed by atoms with E-state index in [1.807, 2.05) is 30.9 Å². The zero-order valence-electron chi connectivity index (χ0n) is 12.6. The first-order valence-corrected chi connectivity index (χ1v) is 7.27. The van der Waals surface area contributed by atoms with Crippen molar-refractivity contribution in [3.05, 3.63) is 35.4 Å². The van der Waals surface area contributed by atoms with Crippen molar-refractivity contribution in [3.63, 3.8) is 0 Å². The van der Waals surface area contributed by atoms with Crippen LogP contribution in [0.2, 0.25) is 0 Å². The first kappa shape index (κ1) is 15.0. The number of hydrogen-bond acceptors (Lipinski definition) is 3. The van der Waals surface area contributed by atoms with Gasteiger partial charge in [0.05, 0.1) is 18.7 Å². The van der Waals surface area contributed by atoms with Gasteiger partial charge in [-0.1, -0.05) is 24.3 Å². The fourth-order valence-corrected chi connectivity index (χ4v) is 2.85. The standard InChI is InChI=1S/C16H24N2O2/c1-4-18(12(2)11-20-3)16(19)15-9-13-7-5-6-8-14(13)10-17-15/h5-8,12,15,17H,4,9-11H2,1-3H3. The Morgan fingerprint density at radius 3 is 2.80 bits per heavy atom. The topological polar surface area (TPSA) is 41.6 Å². The molecule has 20 heavy (non-hydrogen) atoms. The van der Waals surface area contributed by atoms with Gasteiger partial charge in [0.2, 0.25) is 5.91 Å². The highest BCUT2D eigenvalue weighted by Crippen LogP contribution is 2.18. The minimum Gasteiger partial charge on any atom is -0.383 e. The van der Waals surface area contributed by atoms with Gasteiger partial charge in [0, 0.05) is 20.2 Å². The van der Waals surface area contributed by atoms with Crippen molar-refractivity contribution in [2.45, 2.75) is 38.9 Å². The van der Waals surface area contributed by atoms with Crippen LogP contribution in [-0.2, 0) is 22.5 Å². The summed E-state index contributed by atoms with van der Waals surface area (Å²) < 4.78 is 5.17. The van der Waals surface area contributed by atoms with Crippen molar-refractivity contribution in [2.24, 2.45) is 0 Å². The highest BCUT2D eigenvalue weighted by atomic mass is 16.5. The summed E-state index contributed by atoms with van der Waals surface area (Å²) in [4.78, 5) is 14.6. The Morgan fingerprint density at radius 1 is 1.45 bits per heavy atom. The van der Waals surface area contributed by atoms with Crippen LogP contribution in [0.15, 0.2) is 24.3 Å². The van der Waals surface area contributed by atoms with Gasteiger partial charge in [-0.05, 0) is 31.4 Å². The van der Waals surface area contributed by atoms with Gasteiger partial charge in [-0.25, -0.2) is 0 Å². The molecule has 0 fully saturated rings. The monoisotopic (exact) mass is 276 g/mol. The third kappa shape index (κ3) is 3.19. The van der Waals surface area contributed by atoms with Gasteiger partial charge < -0.3 is 15.0 Å². The number of nitrogens with zero attached hydrogens (tertiary/aromatic N) is 1. The molecule has 0 aliphatic carbocycles. The lowest BCUT2D eigenvalue weighted by atomic mass is 9.95. The van der Waals surface area contributed by atoms with E-state index >= 15 is 0 Å². The van der Waals surface area contributed by atoms with Crippen LogP contribution in [0, 0.1) is 0 Å². The molecule has 110 valence electrons. The number of benzene rings is 1. The normalized spacial score (nSPS) is 19.2. The third-order valence-corrected chi connectivity index (χ3v) is 3.94. The summed E-state index contributed by atoms with van der Waals surface area (Å²) >= 11 is 0. The van der Waals surface area contributed by atoms with Gasteiger partial charge in [0.1, 0.15) is 0 Å². The molecular weight excluding hydrogens is 252 g/mol. The molecule has 0 saturated carbocycles. The molecule has 1 aromatic carbocycles. The number of nitrogens with one attached hydrogen (secondary N) is 1. The van der Waals surface area contributed by atoms with E-state index in [0.29, 0.717) is 13.2 Å². The van der Waals surface area contributed by atoms with Crippen molar-refractivity contribution in [2.75, 3.05) is 20.3 Å². The molecule has 1 aliphatic rings. The van der Waals surface area contributed by atoms with Crippen molar-refractivity contribution in [3.8, 4) is 0 Å². The summed E-state index contributed by atoms with van der Waals surface area (Å²) in [5.41, 5.74) is 2.57. The molecule has 0 aromatic heterocycles. The third-order valence-electron chi connectivity index (χ3n) is 3.94. The number of ether oxygens (including phenoxy) is 1. The van der Waals surface area contributed by atoms with Crippen molar-refractivity contribution in [1.82, 2.24) is 10.2 Å². The predicted octanol–water partition coefficient (Wildman–Crippen LogP) is 1.58. The number of carbonyl (C=O) groups excluding carboxylic acids is 1. The Hall–Kier alpha value is -1.39. The lowest BCUT2D eigenvalue weighted by Crippen LogP contribution is -2.52. The highest BCUT2D eigenvalue weighted by Gasteiger charge is 2.29. The molecule has 0 saturated heterocycles. The Balaban J connectivity index is 2.06. The van der Waals surface area contributed by atoms with Crippen LogP contribution in [0.25, 0.3) is 0 Å². The first-order valence-electron chi connectivity index (χ1n) is 7.27. The fraction of sp³-hybridized carbons (Fsp3) is 0.562. The van der Waals surface area contributed by atoms with E-state index in [-0.39, 0.29) is 18.0 Å². The van der Waals surface area contributed by atoms with E-state index in [4.69, 9.17) is 4.74 Å². The Bertz CT molecular complexity index is 462. The molecule has 1 aromatic rings. The minimum absolute atomic E-state index is 0.108. The fourth-order valence-electron chi connectivity index (χ4n) is 2.85. The minimum atomic E-state index is -0.121. The summed E-state index contributed by atoms with van der Waals surface area (Å²) in [5.74, 6) is 0.173. The largest absolute Gasteiger partial charge is 0.383 e. The second kappa shape index (κ2) is 6.86. The maximum absolute atomic E-state index is 12.7. The number of amides is 1. The Morgan fingerprint density at radius 2 is 2.15 bits per heavy atom. The summed E-state index contributed by atoms with van der Waals surface area (Å²) in [5, 5.41) is 3.35. The molecule has 4 heteroatoms. The first-order chi connectivity index (χ1) is 9.67. The molecule has 4 nitrogen and oxygen atoms in total. The van der Waals surface area contributed by atoms with E-state index in [2.05, 4.69) is 17.4 Å². The van der Waals surface area contributed by atoms with Crippen LogP contribution in [0.4, 0.5) is 0 Å². The number of fused-ring (bicyclic) bond motifs is 1. The van der Waals surface area contributed by atoms with Crippen LogP contribution in [0.3, 0.4) is 0 Å². The van der Waals surface area contributed by atoms with E-state index in [1.54, 1.807) is 7.11 Å². The molecule has 2 rings (SSSR count). The quantitative estimate of drug-likeness (QED) is 0.888. The zero-order chi connectivity index (χ0) is 14.5. The van der Waals surface area contributed by atoms with Crippen LogP contribution in [-0.4, -0.2) is 43.2 Å². The maximum atomic E-state index is 12.7. The smallest absolute Gasteiger partial charge is 0.240 e. The molecule has 1 heterocycles. The molecule has 0 bridgehead atoms. The maximum Gasteiger partial charge on any atom is 0.240 e. The Labute approximate surface area is 121 Å². The molecule has 1 N–H and O–H groups in total. The zero-order valence-corrected chi connectivity index (χ0v) is 12.6. The molecule has 0 spiro atoms. The van der Waals surface area contributed by atoms with Crippen LogP contribution in [0.5, 0.6) is 0 Å². The Kier molecular flexibility index (Phi) is 5.15.